The van der Waals surface area contributed by atoms with E-state index in [0.29, 0.717) is 0 Å². The molecule has 2 aromatic carbocycles. The van der Waals surface area contributed by atoms with E-state index in [1.54, 1.807) is 0 Å². The van der Waals surface area contributed by atoms with E-state index in [4.69, 9.17) is 15.8 Å². The first-order valence-corrected chi connectivity index (χ1v) is 13.7. The highest BCUT2D eigenvalue weighted by Gasteiger charge is 2.34. The van der Waals surface area contributed by atoms with E-state index in [2.05, 4.69) is 82.2 Å². The minimum absolute atomic E-state index is 0.156. The molecule has 188 valence electrons. The molecule has 6 heteroatoms. The predicted molar refractivity (Wildman–Crippen MR) is 147 cm³/mol. The van der Waals surface area contributed by atoms with Crippen molar-refractivity contribution < 1.29 is 0 Å². The van der Waals surface area contributed by atoms with E-state index < -0.39 is 0 Å². The number of nitrogens with two attached hydrogens (primary N) is 1. The molecule has 1 aliphatic carbocycles. The van der Waals surface area contributed by atoms with Gasteiger partial charge in [0.2, 0.25) is 0 Å². The van der Waals surface area contributed by atoms with Gasteiger partial charge in [0.1, 0.15) is 5.82 Å². The summed E-state index contributed by atoms with van der Waals surface area (Å²) < 4.78 is 2.35. The molecule has 2 N–H and O–H groups in total. The third-order valence-electron chi connectivity index (χ3n) is 8.67. The van der Waals surface area contributed by atoms with E-state index in [1.807, 2.05) is 0 Å². The van der Waals surface area contributed by atoms with Crippen molar-refractivity contribution in [2.45, 2.75) is 63.6 Å². The molecule has 37 heavy (non-hydrogen) atoms. The van der Waals surface area contributed by atoms with Crippen LogP contribution in [0.1, 0.15) is 62.2 Å². The zero-order valence-corrected chi connectivity index (χ0v) is 21.5. The van der Waals surface area contributed by atoms with E-state index in [1.165, 1.54) is 24.8 Å². The van der Waals surface area contributed by atoms with Gasteiger partial charge in [0.05, 0.1) is 17.9 Å². The van der Waals surface area contributed by atoms with Gasteiger partial charge in [-0.1, -0.05) is 54.6 Å². The molecule has 0 spiro atoms. The van der Waals surface area contributed by atoms with Crippen molar-refractivity contribution in [2.24, 2.45) is 5.73 Å². The lowest BCUT2D eigenvalue weighted by Gasteiger charge is -2.38. The van der Waals surface area contributed by atoms with Crippen molar-refractivity contribution in [3.8, 4) is 33.8 Å². The number of hydrogen-bond donors (Lipinski definition) is 1. The number of likely N-dealkylation sites (tertiary alicyclic amines) is 1. The molecular formula is C31H34N6. The quantitative estimate of drug-likeness (QED) is 0.387. The standard InChI is InChI=1S/C31H34N6/c1-21-18-27-26(30-35-34-28(37(21)30)20-36-16-5-6-17-36)19-25(22-8-3-2-4-9-22)29(33-27)23-10-12-24(13-11-23)31(32)14-7-15-31/h2-4,8-13,19,21H,5-7,14-18,20,32H2,1H3. The highest BCUT2D eigenvalue weighted by molar-refractivity contribution is 5.84. The molecule has 6 nitrogen and oxygen atoms in total. The number of nitrogens with zero attached hydrogens (tertiary/aromatic N) is 5. The van der Waals surface area contributed by atoms with Gasteiger partial charge in [0, 0.05) is 34.7 Å². The third-order valence-corrected chi connectivity index (χ3v) is 8.67. The Balaban J connectivity index is 1.33. The van der Waals surface area contributed by atoms with Crippen molar-refractivity contribution in [1.29, 1.82) is 0 Å². The molecule has 3 aliphatic rings. The van der Waals surface area contributed by atoms with Gasteiger partial charge in [-0.2, -0.15) is 0 Å². The fourth-order valence-electron chi connectivity index (χ4n) is 6.35. The van der Waals surface area contributed by atoms with Crippen LogP contribution in [0, 0.1) is 0 Å². The molecule has 2 aromatic heterocycles. The maximum Gasteiger partial charge on any atom is 0.166 e. The van der Waals surface area contributed by atoms with Crippen LogP contribution in [0.15, 0.2) is 60.7 Å². The molecule has 0 radical (unpaired) electrons. The van der Waals surface area contributed by atoms with Gasteiger partial charge in [0.15, 0.2) is 5.82 Å². The van der Waals surface area contributed by atoms with Gasteiger partial charge in [-0.3, -0.25) is 9.88 Å². The van der Waals surface area contributed by atoms with Crippen LogP contribution >= 0.6 is 0 Å². The van der Waals surface area contributed by atoms with E-state index in [0.717, 1.165) is 84.2 Å². The second-order valence-corrected chi connectivity index (χ2v) is 11.2. The fraction of sp³-hybridized carbons (Fsp3) is 0.387. The lowest BCUT2D eigenvalue weighted by molar-refractivity contribution is 0.253. The lowest BCUT2D eigenvalue weighted by atomic mass is 9.72. The monoisotopic (exact) mass is 490 g/mol. The summed E-state index contributed by atoms with van der Waals surface area (Å²) in [7, 11) is 0. The van der Waals surface area contributed by atoms with Gasteiger partial charge in [-0.15, -0.1) is 10.2 Å². The summed E-state index contributed by atoms with van der Waals surface area (Å²) in [6.45, 7) is 5.45. The minimum Gasteiger partial charge on any atom is -0.321 e. The average molecular weight is 491 g/mol. The van der Waals surface area contributed by atoms with Gasteiger partial charge in [0.25, 0.3) is 0 Å². The summed E-state index contributed by atoms with van der Waals surface area (Å²) in [5.41, 5.74) is 14.3. The Bertz CT molecular complexity index is 1430. The van der Waals surface area contributed by atoms with Crippen LogP contribution in [-0.2, 0) is 18.5 Å². The first-order chi connectivity index (χ1) is 18.1. The first-order valence-electron chi connectivity index (χ1n) is 13.7. The van der Waals surface area contributed by atoms with Crippen LogP contribution in [0.4, 0.5) is 0 Å². The predicted octanol–water partition coefficient (Wildman–Crippen LogP) is 5.72. The highest BCUT2D eigenvalue weighted by Crippen LogP contribution is 2.42. The van der Waals surface area contributed by atoms with Crippen molar-refractivity contribution >= 4 is 0 Å². The third kappa shape index (κ3) is 3.90. The number of rotatable bonds is 5. The largest absolute Gasteiger partial charge is 0.321 e. The van der Waals surface area contributed by atoms with Crippen molar-refractivity contribution in [3.63, 3.8) is 0 Å². The Hall–Kier alpha value is -3.35. The van der Waals surface area contributed by atoms with Crippen molar-refractivity contribution in [1.82, 2.24) is 24.6 Å². The van der Waals surface area contributed by atoms with Crippen LogP contribution in [0.5, 0.6) is 0 Å². The number of pyridine rings is 1. The van der Waals surface area contributed by atoms with Crippen LogP contribution in [0.2, 0.25) is 0 Å². The van der Waals surface area contributed by atoms with E-state index in [9.17, 15) is 0 Å². The zero-order chi connectivity index (χ0) is 25.0. The Kier molecular flexibility index (Phi) is 5.48. The molecule has 4 heterocycles. The summed E-state index contributed by atoms with van der Waals surface area (Å²) in [4.78, 5) is 7.82. The van der Waals surface area contributed by atoms with Gasteiger partial charge < -0.3 is 10.3 Å². The maximum absolute atomic E-state index is 6.60. The minimum atomic E-state index is -0.156. The SMILES string of the molecule is CC1Cc2nc(-c3ccc(C4(N)CCC4)cc3)c(-c3ccccc3)cc2-c2nnc(CN3CCCC3)n21. The van der Waals surface area contributed by atoms with Crippen molar-refractivity contribution in [3.05, 3.63) is 77.7 Å². The van der Waals surface area contributed by atoms with Crippen molar-refractivity contribution in [2.75, 3.05) is 13.1 Å². The molecule has 1 saturated heterocycles. The molecule has 2 fully saturated rings. The second kappa shape index (κ2) is 8.89. The molecule has 7 rings (SSSR count). The van der Waals surface area contributed by atoms with Gasteiger partial charge in [-0.05, 0) is 69.3 Å². The van der Waals surface area contributed by atoms with Gasteiger partial charge in [-0.25, -0.2) is 0 Å². The zero-order valence-electron chi connectivity index (χ0n) is 21.5. The first kappa shape index (κ1) is 22.8. The summed E-state index contributed by atoms with van der Waals surface area (Å²) in [5.74, 6) is 2.02. The van der Waals surface area contributed by atoms with Crippen LogP contribution in [-0.4, -0.2) is 37.7 Å². The number of benzene rings is 2. The highest BCUT2D eigenvalue weighted by atomic mass is 15.3. The number of aromatic nitrogens is 4. The molecule has 4 aromatic rings. The fourth-order valence-corrected chi connectivity index (χ4v) is 6.35. The van der Waals surface area contributed by atoms with Gasteiger partial charge >= 0.3 is 0 Å². The van der Waals surface area contributed by atoms with Crippen LogP contribution < -0.4 is 5.73 Å². The van der Waals surface area contributed by atoms with Crippen LogP contribution in [0.25, 0.3) is 33.8 Å². The molecular weight excluding hydrogens is 456 g/mol. The Labute approximate surface area is 218 Å². The normalized spacial score (nSPS) is 20.3. The number of hydrogen-bond acceptors (Lipinski definition) is 5. The summed E-state index contributed by atoms with van der Waals surface area (Å²) in [6.07, 6.45) is 6.78. The molecule has 0 bridgehead atoms. The Morgan fingerprint density at radius 3 is 2.35 bits per heavy atom. The summed E-state index contributed by atoms with van der Waals surface area (Å²) in [6, 6.07) is 22.0. The summed E-state index contributed by atoms with van der Waals surface area (Å²) in [5, 5.41) is 9.39. The number of fused-ring (bicyclic) bond motifs is 3. The van der Waals surface area contributed by atoms with E-state index in [-0.39, 0.29) is 11.6 Å². The molecule has 2 aliphatic heterocycles. The summed E-state index contributed by atoms with van der Waals surface area (Å²) >= 11 is 0. The Morgan fingerprint density at radius 2 is 1.65 bits per heavy atom. The second-order valence-electron chi connectivity index (χ2n) is 11.2. The van der Waals surface area contributed by atoms with E-state index >= 15 is 0 Å². The molecule has 1 atom stereocenters. The molecule has 1 unspecified atom stereocenters. The maximum atomic E-state index is 6.60. The smallest absolute Gasteiger partial charge is 0.166 e. The molecule has 0 amide bonds. The molecule has 1 saturated carbocycles. The Morgan fingerprint density at radius 1 is 0.892 bits per heavy atom. The van der Waals surface area contributed by atoms with Crippen LogP contribution in [0.3, 0.4) is 0 Å². The lowest BCUT2D eigenvalue weighted by Crippen LogP contribution is -2.43. The topological polar surface area (TPSA) is 72.9 Å². The average Bonchev–Trinajstić information content (AvgIpc) is 3.58.